The molecule has 0 saturated heterocycles. The van der Waals surface area contributed by atoms with E-state index < -0.39 is 5.69 Å². The minimum absolute atomic E-state index is 0.185. The Morgan fingerprint density at radius 2 is 1.85 bits per heavy atom. The number of halogens is 2. The van der Waals surface area contributed by atoms with Gasteiger partial charge in [0.1, 0.15) is 6.54 Å². The molecule has 170 valence electrons. The molecule has 5 rings (SSSR count). The second kappa shape index (κ2) is 9.12. The average Bonchev–Trinajstić information content (AvgIpc) is 3.44. The lowest BCUT2D eigenvalue weighted by atomic mass is 10.2. The summed E-state index contributed by atoms with van der Waals surface area (Å²) >= 11 is 11.9. The van der Waals surface area contributed by atoms with Gasteiger partial charge in [0.2, 0.25) is 11.7 Å². The maximum atomic E-state index is 12.8. The van der Waals surface area contributed by atoms with Crippen LogP contribution in [0.15, 0.2) is 76.2 Å². The number of amides is 1. The number of fused-ring (bicyclic) bond motifs is 1. The van der Waals surface area contributed by atoms with Gasteiger partial charge in [0, 0.05) is 28.4 Å². The summed E-state index contributed by atoms with van der Waals surface area (Å²) in [5, 5.41) is 12.3. The molecule has 2 aromatic carbocycles. The number of hydrogen-bond donors (Lipinski definition) is 1. The average molecular weight is 495 g/mol. The summed E-state index contributed by atoms with van der Waals surface area (Å²) in [5.41, 5.74) is 1.86. The number of aromatic nitrogens is 5. The summed E-state index contributed by atoms with van der Waals surface area (Å²) in [6.45, 7) is 0.0583. The van der Waals surface area contributed by atoms with E-state index in [-0.39, 0.29) is 18.3 Å². The molecule has 0 aliphatic carbocycles. The molecule has 5 aromatic rings. The zero-order valence-electron chi connectivity index (χ0n) is 17.5. The molecule has 3 aromatic heterocycles. The Hall–Kier alpha value is -3.95. The second-order valence-corrected chi connectivity index (χ2v) is 8.27. The predicted octanol–water partition coefficient (Wildman–Crippen LogP) is 3.84. The Morgan fingerprint density at radius 1 is 1.03 bits per heavy atom. The van der Waals surface area contributed by atoms with Crippen molar-refractivity contribution in [3.8, 4) is 22.8 Å². The molecule has 0 bridgehead atoms. The van der Waals surface area contributed by atoms with Crippen LogP contribution in [0.5, 0.6) is 0 Å². The summed E-state index contributed by atoms with van der Waals surface area (Å²) in [6, 6.07) is 17.6. The van der Waals surface area contributed by atoms with Crippen molar-refractivity contribution in [2.24, 2.45) is 0 Å². The van der Waals surface area contributed by atoms with E-state index in [4.69, 9.17) is 27.7 Å². The molecule has 0 aliphatic heterocycles. The van der Waals surface area contributed by atoms with Crippen molar-refractivity contribution in [1.29, 1.82) is 0 Å². The van der Waals surface area contributed by atoms with Gasteiger partial charge in [-0.3, -0.25) is 4.79 Å². The zero-order chi connectivity index (χ0) is 23.7. The van der Waals surface area contributed by atoms with Crippen LogP contribution in [0.2, 0.25) is 10.0 Å². The van der Waals surface area contributed by atoms with Gasteiger partial charge in [0.25, 0.3) is 5.89 Å². The zero-order valence-corrected chi connectivity index (χ0v) is 19.0. The molecule has 0 spiro atoms. The van der Waals surface area contributed by atoms with Gasteiger partial charge in [0.15, 0.2) is 5.65 Å². The van der Waals surface area contributed by atoms with Gasteiger partial charge in [-0.15, -0.1) is 5.10 Å². The van der Waals surface area contributed by atoms with Crippen LogP contribution in [-0.4, -0.2) is 30.2 Å². The summed E-state index contributed by atoms with van der Waals surface area (Å²) < 4.78 is 7.83. The number of carbonyl (C=O) groups excluding carboxylic acids is 1. The van der Waals surface area contributed by atoms with E-state index in [1.807, 2.05) is 18.2 Å². The third kappa shape index (κ3) is 4.43. The fourth-order valence-corrected chi connectivity index (χ4v) is 3.70. The third-order valence-corrected chi connectivity index (χ3v) is 5.53. The molecule has 34 heavy (non-hydrogen) atoms. The number of rotatable bonds is 6. The highest BCUT2D eigenvalue weighted by Crippen LogP contribution is 2.25. The number of hydrogen-bond acceptors (Lipinski definition) is 6. The van der Waals surface area contributed by atoms with Crippen molar-refractivity contribution in [2.45, 2.75) is 13.1 Å². The first-order chi connectivity index (χ1) is 16.5. The normalized spacial score (nSPS) is 11.1. The van der Waals surface area contributed by atoms with Gasteiger partial charge in [-0.1, -0.05) is 52.6 Å². The van der Waals surface area contributed by atoms with E-state index in [2.05, 4.69) is 20.6 Å². The topological polar surface area (TPSA) is 107 Å². The molecule has 0 atom stereocenters. The number of benzene rings is 2. The molecule has 3 heterocycles. The first-order valence-electron chi connectivity index (χ1n) is 10.2. The number of nitrogens with zero attached hydrogens (tertiary/aromatic N) is 5. The van der Waals surface area contributed by atoms with Crippen LogP contribution in [0.1, 0.15) is 5.56 Å². The molecule has 11 heteroatoms. The highest BCUT2D eigenvalue weighted by molar-refractivity contribution is 6.31. The summed E-state index contributed by atoms with van der Waals surface area (Å²) in [7, 11) is 0. The predicted molar refractivity (Wildman–Crippen MR) is 126 cm³/mol. The van der Waals surface area contributed by atoms with Gasteiger partial charge in [-0.2, -0.15) is 4.98 Å². The highest BCUT2D eigenvalue weighted by Gasteiger charge is 2.18. The van der Waals surface area contributed by atoms with Gasteiger partial charge >= 0.3 is 5.69 Å². The fraction of sp³-hybridized carbons (Fsp3) is 0.0870. The minimum atomic E-state index is -0.465. The van der Waals surface area contributed by atoms with Crippen LogP contribution in [0, 0.1) is 0 Å². The Morgan fingerprint density at radius 3 is 2.65 bits per heavy atom. The first-order valence-corrected chi connectivity index (χ1v) is 10.9. The molecule has 1 N–H and O–H groups in total. The molecular formula is C23H16Cl2N6O3. The highest BCUT2D eigenvalue weighted by atomic mass is 35.5. The van der Waals surface area contributed by atoms with Crippen molar-refractivity contribution < 1.29 is 9.32 Å². The quantitative estimate of drug-likeness (QED) is 0.384. The Balaban J connectivity index is 1.39. The third-order valence-electron chi connectivity index (χ3n) is 5.05. The van der Waals surface area contributed by atoms with E-state index in [1.54, 1.807) is 48.7 Å². The van der Waals surface area contributed by atoms with E-state index in [1.165, 1.54) is 4.40 Å². The summed E-state index contributed by atoms with van der Waals surface area (Å²) in [6.07, 6.45) is 1.56. The van der Waals surface area contributed by atoms with E-state index in [9.17, 15) is 9.59 Å². The molecule has 9 nitrogen and oxygen atoms in total. The molecule has 0 radical (unpaired) electrons. The van der Waals surface area contributed by atoms with Gasteiger partial charge in [0.05, 0.1) is 5.56 Å². The van der Waals surface area contributed by atoms with Crippen molar-refractivity contribution in [2.75, 3.05) is 0 Å². The lowest BCUT2D eigenvalue weighted by molar-refractivity contribution is -0.122. The standard InChI is InChI=1S/C23H16Cl2N6O3/c24-16-8-6-14(7-9-16)12-26-19(32)13-31-23(33)30-10-2-5-18(21(30)28-31)22-27-20(29-34-22)15-3-1-4-17(25)11-15/h1-11H,12-13H2,(H,26,32). The van der Waals surface area contributed by atoms with Gasteiger partial charge < -0.3 is 9.84 Å². The molecule has 1 amide bonds. The Kier molecular flexibility index (Phi) is 5.87. The lowest BCUT2D eigenvalue weighted by Crippen LogP contribution is -2.32. The number of nitrogens with one attached hydrogen (secondary N) is 1. The first kappa shape index (κ1) is 21.9. The molecular weight excluding hydrogens is 479 g/mol. The van der Waals surface area contributed by atoms with Crippen LogP contribution in [0.3, 0.4) is 0 Å². The molecule has 0 unspecified atom stereocenters. The van der Waals surface area contributed by atoms with Gasteiger partial charge in [-0.25, -0.2) is 13.9 Å². The summed E-state index contributed by atoms with van der Waals surface area (Å²) in [4.78, 5) is 29.7. The van der Waals surface area contributed by atoms with Crippen LogP contribution in [-0.2, 0) is 17.9 Å². The van der Waals surface area contributed by atoms with E-state index >= 15 is 0 Å². The van der Waals surface area contributed by atoms with Crippen LogP contribution < -0.4 is 11.0 Å². The van der Waals surface area contributed by atoms with Crippen LogP contribution in [0.4, 0.5) is 0 Å². The fourth-order valence-electron chi connectivity index (χ4n) is 3.38. The van der Waals surface area contributed by atoms with Crippen molar-refractivity contribution >= 4 is 34.8 Å². The lowest BCUT2D eigenvalue weighted by Gasteiger charge is -2.05. The smallest absolute Gasteiger partial charge is 0.350 e. The Bertz CT molecular complexity index is 1560. The van der Waals surface area contributed by atoms with E-state index in [0.717, 1.165) is 10.2 Å². The maximum Gasteiger partial charge on any atom is 0.350 e. The van der Waals surface area contributed by atoms with Crippen LogP contribution in [0.25, 0.3) is 28.5 Å². The minimum Gasteiger partial charge on any atom is -0.350 e. The molecule has 0 aliphatic rings. The van der Waals surface area contributed by atoms with Crippen LogP contribution >= 0.6 is 23.2 Å². The van der Waals surface area contributed by atoms with Gasteiger partial charge in [-0.05, 0) is 42.0 Å². The Labute approximate surface area is 202 Å². The van der Waals surface area contributed by atoms with Crippen molar-refractivity contribution in [3.05, 3.63) is 93.0 Å². The van der Waals surface area contributed by atoms with E-state index in [0.29, 0.717) is 39.2 Å². The number of pyridine rings is 1. The number of carbonyl (C=O) groups is 1. The maximum absolute atomic E-state index is 12.8. The molecule has 0 fully saturated rings. The van der Waals surface area contributed by atoms with Crippen molar-refractivity contribution in [3.63, 3.8) is 0 Å². The van der Waals surface area contributed by atoms with Crippen molar-refractivity contribution in [1.82, 2.24) is 29.6 Å². The monoisotopic (exact) mass is 494 g/mol. The largest absolute Gasteiger partial charge is 0.350 e. The molecule has 0 saturated carbocycles. The SMILES string of the molecule is O=C(Cn1nc2c(-c3nc(-c4cccc(Cl)c4)no3)cccn2c1=O)NCc1ccc(Cl)cc1. The second-order valence-electron chi connectivity index (χ2n) is 7.39. The summed E-state index contributed by atoms with van der Waals surface area (Å²) in [5.74, 6) is 0.177.